The molecule has 2 amide bonds. The highest BCUT2D eigenvalue weighted by atomic mass is 16.2. The molecule has 28 heavy (non-hydrogen) atoms. The lowest BCUT2D eigenvalue weighted by molar-refractivity contribution is -0.115. The molecule has 0 fully saturated rings. The number of anilines is 1. The van der Waals surface area contributed by atoms with Crippen LogP contribution in [0, 0.1) is 0 Å². The molecule has 0 saturated heterocycles. The molecule has 0 aliphatic carbocycles. The van der Waals surface area contributed by atoms with Gasteiger partial charge in [0.25, 0.3) is 5.91 Å². The molecule has 0 spiro atoms. The van der Waals surface area contributed by atoms with Gasteiger partial charge in [-0.2, -0.15) is 0 Å². The minimum absolute atomic E-state index is 0.0169. The van der Waals surface area contributed by atoms with Crippen LogP contribution >= 0.6 is 0 Å². The Labute approximate surface area is 165 Å². The average Bonchev–Trinajstić information content (AvgIpc) is 2.70. The number of para-hydroxylation sites is 1. The number of aliphatic imine (C=N–C) groups is 1. The molecule has 0 aliphatic heterocycles. The molecule has 0 bridgehead atoms. The molecule has 0 unspecified atom stereocenters. The summed E-state index contributed by atoms with van der Waals surface area (Å²) < 4.78 is 0. The van der Waals surface area contributed by atoms with Crippen LogP contribution in [-0.2, 0) is 11.2 Å². The van der Waals surface area contributed by atoms with E-state index < -0.39 is 0 Å². The number of carbonyl (C=O) groups excluding carboxylic acids is 2. The monoisotopic (exact) mass is 381 g/mol. The predicted octanol–water partition coefficient (Wildman–Crippen LogP) is 1.73. The standard InChI is InChI=1S/C21H27N5O2/c1-22-21(24-15-19(27)25-18-10-5-4-6-11-18)23-13-12-16-8-7-9-17(14-16)20(28)26(2)3/h4-11,14H,12-13,15H2,1-3H3,(H,25,27)(H2,22,23,24). The largest absolute Gasteiger partial charge is 0.356 e. The first-order valence-electron chi connectivity index (χ1n) is 9.09. The Balaban J connectivity index is 1.77. The van der Waals surface area contributed by atoms with Crippen LogP contribution in [0.4, 0.5) is 5.69 Å². The summed E-state index contributed by atoms with van der Waals surface area (Å²) in [6.07, 6.45) is 0.728. The van der Waals surface area contributed by atoms with Crippen molar-refractivity contribution in [2.75, 3.05) is 39.5 Å². The van der Waals surface area contributed by atoms with Crippen LogP contribution in [0.1, 0.15) is 15.9 Å². The lowest BCUT2D eigenvalue weighted by Gasteiger charge is -2.13. The number of benzene rings is 2. The van der Waals surface area contributed by atoms with Crippen molar-refractivity contribution in [3.63, 3.8) is 0 Å². The van der Waals surface area contributed by atoms with Gasteiger partial charge in [0.2, 0.25) is 5.91 Å². The van der Waals surface area contributed by atoms with Crippen molar-refractivity contribution >= 4 is 23.5 Å². The van der Waals surface area contributed by atoms with Gasteiger partial charge in [-0.05, 0) is 36.2 Å². The maximum Gasteiger partial charge on any atom is 0.253 e. The Kier molecular flexibility index (Phi) is 8.02. The molecule has 148 valence electrons. The number of nitrogens with zero attached hydrogens (tertiary/aromatic N) is 2. The summed E-state index contributed by atoms with van der Waals surface area (Å²) in [7, 11) is 5.13. The molecule has 0 heterocycles. The Morgan fingerprint density at radius 3 is 2.43 bits per heavy atom. The molecular formula is C21H27N5O2. The molecule has 7 heteroatoms. The van der Waals surface area contributed by atoms with Gasteiger partial charge in [0.15, 0.2) is 5.96 Å². The molecule has 2 rings (SSSR count). The Hall–Kier alpha value is -3.35. The number of nitrogens with one attached hydrogen (secondary N) is 3. The first-order valence-corrected chi connectivity index (χ1v) is 9.09. The van der Waals surface area contributed by atoms with Crippen LogP contribution in [0.15, 0.2) is 59.6 Å². The zero-order chi connectivity index (χ0) is 20.4. The highest BCUT2D eigenvalue weighted by Gasteiger charge is 2.08. The van der Waals surface area contributed by atoms with Gasteiger partial charge in [-0.25, -0.2) is 0 Å². The van der Waals surface area contributed by atoms with Gasteiger partial charge in [0.1, 0.15) is 0 Å². The second-order valence-corrected chi connectivity index (χ2v) is 6.42. The van der Waals surface area contributed by atoms with Gasteiger partial charge < -0.3 is 20.9 Å². The summed E-state index contributed by atoms with van der Waals surface area (Å²) in [5, 5.41) is 8.97. The van der Waals surface area contributed by atoms with Crippen molar-refractivity contribution in [3.8, 4) is 0 Å². The number of rotatable bonds is 7. The van der Waals surface area contributed by atoms with Gasteiger partial charge >= 0.3 is 0 Å². The van der Waals surface area contributed by atoms with Crippen LogP contribution in [0.5, 0.6) is 0 Å². The summed E-state index contributed by atoms with van der Waals surface area (Å²) in [5.41, 5.74) is 2.48. The zero-order valence-corrected chi connectivity index (χ0v) is 16.5. The lowest BCUT2D eigenvalue weighted by Crippen LogP contribution is -2.42. The third kappa shape index (κ3) is 6.75. The van der Waals surface area contributed by atoms with Crippen molar-refractivity contribution in [2.45, 2.75) is 6.42 Å². The van der Waals surface area contributed by atoms with Crippen molar-refractivity contribution in [1.29, 1.82) is 0 Å². The zero-order valence-electron chi connectivity index (χ0n) is 16.5. The summed E-state index contributed by atoms with van der Waals surface area (Å²) >= 11 is 0. The SMILES string of the molecule is CN=C(NCCc1cccc(C(=O)N(C)C)c1)NCC(=O)Nc1ccccc1. The van der Waals surface area contributed by atoms with Gasteiger partial charge in [0, 0.05) is 38.9 Å². The number of guanidine groups is 1. The third-order valence-electron chi connectivity index (χ3n) is 3.98. The average molecular weight is 381 g/mol. The summed E-state index contributed by atoms with van der Waals surface area (Å²) in [5.74, 6) is 0.379. The van der Waals surface area contributed by atoms with E-state index in [1.54, 1.807) is 26.0 Å². The van der Waals surface area contributed by atoms with E-state index in [1.165, 1.54) is 0 Å². The lowest BCUT2D eigenvalue weighted by atomic mass is 10.1. The maximum atomic E-state index is 12.0. The van der Waals surface area contributed by atoms with E-state index >= 15 is 0 Å². The highest BCUT2D eigenvalue weighted by Crippen LogP contribution is 2.08. The molecule has 0 aromatic heterocycles. The van der Waals surface area contributed by atoms with E-state index in [0.717, 1.165) is 17.7 Å². The number of amides is 2. The Morgan fingerprint density at radius 2 is 1.75 bits per heavy atom. The van der Waals surface area contributed by atoms with E-state index in [0.29, 0.717) is 18.1 Å². The topological polar surface area (TPSA) is 85.8 Å². The fraction of sp³-hybridized carbons (Fsp3) is 0.286. The molecule has 0 aliphatic rings. The fourth-order valence-corrected chi connectivity index (χ4v) is 2.55. The van der Waals surface area contributed by atoms with E-state index in [2.05, 4.69) is 20.9 Å². The van der Waals surface area contributed by atoms with Gasteiger partial charge in [-0.1, -0.05) is 30.3 Å². The quantitative estimate of drug-likeness (QED) is 0.504. The van der Waals surface area contributed by atoms with Gasteiger partial charge in [0.05, 0.1) is 6.54 Å². The molecule has 3 N–H and O–H groups in total. The third-order valence-corrected chi connectivity index (χ3v) is 3.98. The molecular weight excluding hydrogens is 354 g/mol. The number of carbonyl (C=O) groups is 2. The first-order chi connectivity index (χ1) is 13.5. The molecule has 0 saturated carbocycles. The van der Waals surface area contributed by atoms with E-state index in [4.69, 9.17) is 0 Å². The maximum absolute atomic E-state index is 12.0. The number of hydrogen-bond acceptors (Lipinski definition) is 3. The molecule has 2 aromatic carbocycles. The van der Waals surface area contributed by atoms with Crippen LogP contribution in [0.2, 0.25) is 0 Å². The summed E-state index contributed by atoms with van der Waals surface area (Å²) in [4.78, 5) is 29.7. The smallest absolute Gasteiger partial charge is 0.253 e. The van der Waals surface area contributed by atoms with Gasteiger partial charge in [-0.3, -0.25) is 14.6 Å². The fourth-order valence-electron chi connectivity index (χ4n) is 2.55. The van der Waals surface area contributed by atoms with Crippen molar-refractivity contribution in [1.82, 2.24) is 15.5 Å². The number of hydrogen-bond donors (Lipinski definition) is 3. The molecule has 0 atom stereocenters. The predicted molar refractivity (Wildman–Crippen MR) is 113 cm³/mol. The second kappa shape index (κ2) is 10.7. The van der Waals surface area contributed by atoms with Crippen LogP contribution < -0.4 is 16.0 Å². The molecule has 2 aromatic rings. The second-order valence-electron chi connectivity index (χ2n) is 6.42. The van der Waals surface area contributed by atoms with Crippen LogP contribution in [0.25, 0.3) is 0 Å². The van der Waals surface area contributed by atoms with Gasteiger partial charge in [-0.15, -0.1) is 0 Å². The van der Waals surface area contributed by atoms with Crippen molar-refractivity contribution in [3.05, 3.63) is 65.7 Å². The first kappa shape index (κ1) is 21.0. The van der Waals surface area contributed by atoms with Crippen LogP contribution in [0.3, 0.4) is 0 Å². The van der Waals surface area contributed by atoms with E-state index in [1.807, 2.05) is 54.6 Å². The Morgan fingerprint density at radius 1 is 1.00 bits per heavy atom. The normalized spacial score (nSPS) is 10.9. The highest BCUT2D eigenvalue weighted by molar-refractivity contribution is 5.95. The van der Waals surface area contributed by atoms with E-state index in [-0.39, 0.29) is 18.4 Å². The minimum atomic E-state index is -0.149. The summed E-state index contributed by atoms with van der Waals surface area (Å²) in [6.45, 7) is 0.737. The van der Waals surface area contributed by atoms with Crippen molar-refractivity contribution in [2.24, 2.45) is 4.99 Å². The molecule has 7 nitrogen and oxygen atoms in total. The summed E-state index contributed by atoms with van der Waals surface area (Å²) in [6, 6.07) is 16.9. The van der Waals surface area contributed by atoms with E-state index in [9.17, 15) is 9.59 Å². The minimum Gasteiger partial charge on any atom is -0.356 e. The molecule has 0 radical (unpaired) electrons. The Bertz CT molecular complexity index is 819. The van der Waals surface area contributed by atoms with Crippen molar-refractivity contribution < 1.29 is 9.59 Å². The van der Waals surface area contributed by atoms with Crippen LogP contribution in [-0.4, -0.2) is 56.9 Å².